The number of amides is 3. The van der Waals surface area contributed by atoms with Crippen LogP contribution >= 0.6 is 0 Å². The van der Waals surface area contributed by atoms with Gasteiger partial charge >= 0.3 is 0 Å². The smallest absolute Gasteiger partial charge is 0.248 e. The summed E-state index contributed by atoms with van der Waals surface area (Å²) in [5.41, 5.74) is 7.08. The van der Waals surface area contributed by atoms with E-state index in [1.807, 2.05) is 6.07 Å². The third kappa shape index (κ3) is 4.47. The van der Waals surface area contributed by atoms with Gasteiger partial charge in [-0.2, -0.15) is 0 Å². The molecule has 0 bridgehead atoms. The van der Waals surface area contributed by atoms with Crippen molar-refractivity contribution in [2.75, 3.05) is 23.3 Å². The molecule has 1 aliphatic heterocycles. The Hall–Kier alpha value is -2.57. The number of hydrogen-bond donors (Lipinski definition) is 3. The van der Waals surface area contributed by atoms with E-state index in [4.69, 9.17) is 5.73 Å². The molecule has 1 aromatic carbocycles. The maximum Gasteiger partial charge on any atom is 0.248 e. The van der Waals surface area contributed by atoms with E-state index in [0.717, 1.165) is 25.1 Å². The molecule has 7 heteroatoms. The van der Waals surface area contributed by atoms with Gasteiger partial charge in [-0.25, -0.2) is 0 Å². The maximum atomic E-state index is 12.1. The standard InChI is InChI=1S/C17H24N4O3/c1-11-5-3-4-8-21(11)15-7-6-13(17(18)24)9-14(15)20-16(23)10-19-12(2)22/h6-7,9,11H,3-5,8,10H2,1-2H3,(H2,18,24)(H,19,22)(H,20,23). The van der Waals surface area contributed by atoms with Gasteiger partial charge in [0.15, 0.2) is 0 Å². The largest absolute Gasteiger partial charge is 0.367 e. The van der Waals surface area contributed by atoms with Crippen LogP contribution in [-0.4, -0.2) is 36.9 Å². The van der Waals surface area contributed by atoms with Gasteiger partial charge in [0.2, 0.25) is 17.7 Å². The Balaban J connectivity index is 2.27. The first-order valence-corrected chi connectivity index (χ1v) is 8.13. The first-order chi connectivity index (χ1) is 11.4. The number of piperidine rings is 1. The zero-order valence-corrected chi connectivity index (χ0v) is 14.1. The first-order valence-electron chi connectivity index (χ1n) is 8.13. The van der Waals surface area contributed by atoms with Gasteiger partial charge in [0.1, 0.15) is 0 Å². The van der Waals surface area contributed by atoms with Gasteiger partial charge in [0.05, 0.1) is 17.9 Å². The Bertz CT molecular complexity index is 645. The van der Waals surface area contributed by atoms with E-state index < -0.39 is 5.91 Å². The molecule has 1 atom stereocenters. The molecule has 1 heterocycles. The molecule has 130 valence electrons. The fraction of sp³-hybridized carbons (Fsp3) is 0.471. The number of carbonyl (C=O) groups excluding carboxylic acids is 3. The van der Waals surface area contributed by atoms with E-state index in [1.165, 1.54) is 13.3 Å². The normalized spacial score (nSPS) is 17.2. The lowest BCUT2D eigenvalue weighted by Crippen LogP contribution is -2.38. The molecule has 1 aromatic rings. The van der Waals surface area contributed by atoms with Crippen molar-refractivity contribution < 1.29 is 14.4 Å². The number of carbonyl (C=O) groups is 3. The molecule has 0 aliphatic carbocycles. The van der Waals surface area contributed by atoms with Crippen molar-refractivity contribution >= 4 is 29.1 Å². The second kappa shape index (κ2) is 7.81. The minimum atomic E-state index is -0.550. The Morgan fingerprint density at radius 1 is 1.29 bits per heavy atom. The van der Waals surface area contributed by atoms with Crippen LogP contribution in [-0.2, 0) is 9.59 Å². The highest BCUT2D eigenvalue weighted by atomic mass is 16.2. The number of nitrogens with two attached hydrogens (primary N) is 1. The molecule has 3 amide bonds. The molecule has 0 spiro atoms. The molecule has 1 unspecified atom stereocenters. The Kier molecular flexibility index (Phi) is 5.78. The molecule has 7 nitrogen and oxygen atoms in total. The number of nitrogens with zero attached hydrogens (tertiary/aromatic N) is 1. The summed E-state index contributed by atoms with van der Waals surface area (Å²) in [6.45, 7) is 4.27. The van der Waals surface area contributed by atoms with Gasteiger partial charge in [-0.3, -0.25) is 14.4 Å². The van der Waals surface area contributed by atoms with Gasteiger partial charge < -0.3 is 21.3 Å². The summed E-state index contributed by atoms with van der Waals surface area (Å²) in [5, 5.41) is 5.23. The van der Waals surface area contributed by atoms with Crippen molar-refractivity contribution in [3.05, 3.63) is 23.8 Å². The zero-order valence-electron chi connectivity index (χ0n) is 14.1. The molecule has 0 aromatic heterocycles. The number of benzene rings is 1. The van der Waals surface area contributed by atoms with Crippen LogP contribution in [0.3, 0.4) is 0 Å². The van der Waals surface area contributed by atoms with E-state index in [1.54, 1.807) is 12.1 Å². The van der Waals surface area contributed by atoms with Gasteiger partial charge in [0, 0.05) is 25.1 Å². The summed E-state index contributed by atoms with van der Waals surface area (Å²) >= 11 is 0. The van der Waals surface area contributed by atoms with Gasteiger partial charge in [-0.05, 0) is 44.4 Å². The fourth-order valence-corrected chi connectivity index (χ4v) is 2.90. The average molecular weight is 332 g/mol. The second-order valence-corrected chi connectivity index (χ2v) is 6.09. The first kappa shape index (κ1) is 17.8. The Morgan fingerprint density at radius 3 is 2.67 bits per heavy atom. The quantitative estimate of drug-likeness (QED) is 0.754. The zero-order chi connectivity index (χ0) is 17.7. The van der Waals surface area contributed by atoms with Crippen molar-refractivity contribution in [3.63, 3.8) is 0 Å². The highest BCUT2D eigenvalue weighted by Gasteiger charge is 2.22. The van der Waals surface area contributed by atoms with Gasteiger partial charge in [-0.1, -0.05) is 0 Å². The Morgan fingerprint density at radius 2 is 2.04 bits per heavy atom. The highest BCUT2D eigenvalue weighted by molar-refractivity contribution is 6.00. The lowest BCUT2D eigenvalue weighted by Gasteiger charge is -2.36. The topological polar surface area (TPSA) is 105 Å². The number of primary amides is 1. The summed E-state index contributed by atoms with van der Waals surface area (Å²) in [5.74, 6) is -1.18. The minimum absolute atomic E-state index is 0.120. The SMILES string of the molecule is CC(=O)NCC(=O)Nc1cc(C(N)=O)ccc1N1CCCCC1C. The van der Waals surface area contributed by atoms with E-state index in [-0.39, 0.29) is 18.4 Å². The Labute approximate surface area is 141 Å². The number of hydrogen-bond acceptors (Lipinski definition) is 4. The number of nitrogens with one attached hydrogen (secondary N) is 2. The molecule has 1 saturated heterocycles. The summed E-state index contributed by atoms with van der Waals surface area (Å²) < 4.78 is 0. The third-order valence-corrected chi connectivity index (χ3v) is 4.17. The van der Waals surface area contributed by atoms with Crippen LogP contribution < -0.4 is 21.3 Å². The minimum Gasteiger partial charge on any atom is -0.367 e. The van der Waals surface area contributed by atoms with Crippen molar-refractivity contribution in [2.24, 2.45) is 5.73 Å². The van der Waals surface area contributed by atoms with Crippen LogP contribution in [0.1, 0.15) is 43.5 Å². The average Bonchev–Trinajstić information content (AvgIpc) is 2.53. The summed E-state index contributed by atoms with van der Waals surface area (Å²) in [7, 11) is 0. The third-order valence-electron chi connectivity index (χ3n) is 4.17. The monoisotopic (exact) mass is 332 g/mol. The van der Waals surface area contributed by atoms with Crippen molar-refractivity contribution in [2.45, 2.75) is 39.2 Å². The number of anilines is 2. The van der Waals surface area contributed by atoms with Crippen molar-refractivity contribution in [1.29, 1.82) is 0 Å². The van der Waals surface area contributed by atoms with Crippen molar-refractivity contribution in [1.82, 2.24) is 5.32 Å². The molecule has 4 N–H and O–H groups in total. The highest BCUT2D eigenvalue weighted by Crippen LogP contribution is 2.32. The van der Waals surface area contributed by atoms with Crippen LogP contribution in [0.5, 0.6) is 0 Å². The molecule has 1 aliphatic rings. The molecule has 1 fully saturated rings. The van der Waals surface area contributed by atoms with Crippen LogP contribution in [0.15, 0.2) is 18.2 Å². The van der Waals surface area contributed by atoms with E-state index in [9.17, 15) is 14.4 Å². The number of rotatable bonds is 5. The summed E-state index contributed by atoms with van der Waals surface area (Å²) in [6.07, 6.45) is 3.35. The van der Waals surface area contributed by atoms with Crippen molar-refractivity contribution in [3.8, 4) is 0 Å². The van der Waals surface area contributed by atoms with Crippen LogP contribution in [0.4, 0.5) is 11.4 Å². The lowest BCUT2D eigenvalue weighted by molar-refractivity contribution is -0.122. The molecular weight excluding hydrogens is 308 g/mol. The van der Waals surface area contributed by atoms with Crippen LogP contribution in [0.2, 0.25) is 0 Å². The van der Waals surface area contributed by atoms with E-state index >= 15 is 0 Å². The molecule has 24 heavy (non-hydrogen) atoms. The van der Waals surface area contributed by atoms with E-state index in [0.29, 0.717) is 17.3 Å². The van der Waals surface area contributed by atoms with Gasteiger partial charge in [0.25, 0.3) is 0 Å². The molecule has 2 rings (SSSR count). The second-order valence-electron chi connectivity index (χ2n) is 6.09. The predicted octanol–water partition coefficient (Wildman–Crippen LogP) is 1.24. The fourth-order valence-electron chi connectivity index (χ4n) is 2.90. The van der Waals surface area contributed by atoms with Gasteiger partial charge in [-0.15, -0.1) is 0 Å². The van der Waals surface area contributed by atoms with Crippen LogP contribution in [0, 0.1) is 0 Å². The summed E-state index contributed by atoms with van der Waals surface area (Å²) in [6, 6.07) is 5.42. The maximum absolute atomic E-state index is 12.1. The van der Waals surface area contributed by atoms with Crippen LogP contribution in [0.25, 0.3) is 0 Å². The molecule has 0 saturated carbocycles. The predicted molar refractivity (Wildman–Crippen MR) is 92.9 cm³/mol. The summed E-state index contributed by atoms with van der Waals surface area (Å²) in [4.78, 5) is 36.7. The lowest BCUT2D eigenvalue weighted by atomic mass is 10.0. The molecular formula is C17H24N4O3. The molecule has 0 radical (unpaired) electrons. The van der Waals surface area contributed by atoms with E-state index in [2.05, 4.69) is 22.5 Å².